The molecule has 3 aliphatic rings. The lowest BCUT2D eigenvalue weighted by molar-refractivity contribution is -0.360. The van der Waals surface area contributed by atoms with Gasteiger partial charge in [0.1, 0.15) is 98.7 Å². The molecule has 2 aliphatic heterocycles. The molecule has 0 radical (unpaired) electrons. The van der Waals surface area contributed by atoms with E-state index in [1.54, 1.807) is 0 Å². The topological polar surface area (TPSA) is 374 Å². The maximum atomic E-state index is 14.3. The Labute approximate surface area is 592 Å². The van der Waals surface area contributed by atoms with Crippen molar-refractivity contribution in [3.8, 4) is 0 Å². The highest BCUT2D eigenvalue weighted by Crippen LogP contribution is 2.49. The monoisotopic (exact) mass is 1440 g/mol. The van der Waals surface area contributed by atoms with Crippen LogP contribution in [0.4, 0.5) is 0 Å². The predicted octanol–water partition coefficient (Wildman–Crippen LogP) is 11.1. The molecule has 25 heteroatoms. The average Bonchev–Trinajstić information content (AvgIpc) is 0.762. The van der Waals surface area contributed by atoms with Crippen LogP contribution < -0.4 is 0 Å². The maximum Gasteiger partial charge on any atom is 0.472 e. The van der Waals surface area contributed by atoms with E-state index in [9.17, 15) is 74.9 Å². The number of allylic oxidation sites excluding steroid dienone is 2. The fourth-order valence-electron chi connectivity index (χ4n) is 12.9. The lowest BCUT2D eigenvalue weighted by Gasteiger charge is -2.49. The van der Waals surface area contributed by atoms with Crippen LogP contribution in [0.5, 0.6) is 0 Å². The summed E-state index contributed by atoms with van der Waals surface area (Å²) >= 11 is 0. The third-order valence-electron chi connectivity index (χ3n) is 19.3. The molecule has 1 aliphatic carbocycles. The number of esters is 3. The Bertz CT molecular complexity index is 2090. The molecular weight excluding hydrogens is 1300 g/mol. The SMILES string of the molecule is CCCCCC/C=C\CCCCCCCCCC(=O)OCC1OC(OC2C(O)C(O)C(O)C(OC3OC(CO)C(O)C(O)C3O)C2OP(=O)(O)OCC(COC(=O)CCCCCCCCCCCCCCCCC)OC(=O)CCCCCCCCCCCCCCCC)C(O)C(O)C1O. The van der Waals surface area contributed by atoms with E-state index in [4.69, 9.17) is 42.2 Å². The zero-order valence-corrected chi connectivity index (χ0v) is 61.7. The molecule has 0 aromatic heterocycles. The van der Waals surface area contributed by atoms with Gasteiger partial charge >= 0.3 is 25.7 Å². The van der Waals surface area contributed by atoms with E-state index in [0.29, 0.717) is 19.3 Å². The van der Waals surface area contributed by atoms with Crippen LogP contribution in [0.3, 0.4) is 0 Å². The number of rotatable bonds is 61. The van der Waals surface area contributed by atoms with Gasteiger partial charge in [0, 0.05) is 19.3 Å². The van der Waals surface area contributed by atoms with Crippen LogP contribution in [-0.4, -0.2) is 204 Å². The van der Waals surface area contributed by atoms with Gasteiger partial charge in [-0.15, -0.1) is 0 Å². The van der Waals surface area contributed by atoms with Crippen LogP contribution in [0.2, 0.25) is 0 Å². The molecule has 0 bridgehead atoms. The summed E-state index contributed by atoms with van der Waals surface area (Å²) in [5, 5.41) is 110. The van der Waals surface area contributed by atoms with Crippen molar-refractivity contribution >= 4 is 25.7 Å². The van der Waals surface area contributed by atoms with Crippen molar-refractivity contribution in [2.75, 3.05) is 26.4 Å². The molecule has 0 amide bonds. The molecule has 0 aromatic rings. The minimum atomic E-state index is -5.69. The van der Waals surface area contributed by atoms with Crippen LogP contribution in [0.15, 0.2) is 12.2 Å². The van der Waals surface area contributed by atoms with E-state index in [1.807, 2.05) is 0 Å². The first-order chi connectivity index (χ1) is 47.8. The number of hydrogen-bond donors (Lipinski definition) is 11. The minimum Gasteiger partial charge on any atom is -0.463 e. The standard InChI is InChI=1S/C74H137O24P/c1-4-7-10-13-16-19-22-25-28-31-33-36-39-42-45-48-58(76)90-52-55(93-60(78)50-47-44-41-38-35-30-27-24-21-18-15-12-9-6-3)53-92-99(88,89)98-72-70(96-73-68(86)63(81)61(79)56(51-75)94-73)66(84)65(83)67(85)71(72)97-74-69(87)64(82)62(80)57(95-74)54-91-59(77)49-46-43-40-37-34-32-29-26-23-20-17-14-11-8-5-2/h20,23,55-57,61-75,79-87H,4-19,21-22,24-54H2,1-3H3,(H,88,89)/b23-20-. The van der Waals surface area contributed by atoms with E-state index < -0.39 is 156 Å². The van der Waals surface area contributed by atoms with E-state index in [-0.39, 0.29) is 19.3 Å². The summed E-state index contributed by atoms with van der Waals surface area (Å²) in [7, 11) is -5.69. The Morgan fingerprint density at radius 3 is 1.10 bits per heavy atom. The average molecular weight is 1440 g/mol. The Morgan fingerprint density at radius 1 is 0.384 bits per heavy atom. The van der Waals surface area contributed by atoms with Crippen LogP contribution in [0.25, 0.3) is 0 Å². The Kier molecular flexibility index (Phi) is 51.5. The molecule has 11 N–H and O–H groups in total. The molecule has 18 atom stereocenters. The second-order valence-electron chi connectivity index (χ2n) is 28.1. The number of hydrogen-bond acceptors (Lipinski definition) is 23. The van der Waals surface area contributed by atoms with Crippen molar-refractivity contribution in [1.29, 1.82) is 0 Å². The molecule has 0 aromatic carbocycles. The van der Waals surface area contributed by atoms with Gasteiger partial charge < -0.3 is 89.1 Å². The zero-order chi connectivity index (χ0) is 72.5. The Morgan fingerprint density at radius 2 is 0.707 bits per heavy atom. The maximum absolute atomic E-state index is 14.3. The second-order valence-corrected chi connectivity index (χ2v) is 29.5. The predicted molar refractivity (Wildman–Crippen MR) is 375 cm³/mol. The molecule has 18 unspecified atom stereocenters. The molecule has 2 heterocycles. The summed E-state index contributed by atoms with van der Waals surface area (Å²) in [6, 6.07) is 0. The molecule has 1 saturated carbocycles. The summed E-state index contributed by atoms with van der Waals surface area (Å²) in [5.41, 5.74) is 0. The number of phosphoric acid groups is 1. The van der Waals surface area contributed by atoms with Crippen molar-refractivity contribution in [2.24, 2.45) is 0 Å². The summed E-state index contributed by atoms with van der Waals surface area (Å²) in [4.78, 5) is 51.1. The van der Waals surface area contributed by atoms with Crippen LogP contribution in [0, 0.1) is 0 Å². The smallest absolute Gasteiger partial charge is 0.463 e. The molecular formula is C74H137O24P. The van der Waals surface area contributed by atoms with Gasteiger partial charge in [-0.25, -0.2) is 4.57 Å². The largest absolute Gasteiger partial charge is 0.472 e. The highest BCUT2D eigenvalue weighted by Gasteiger charge is 2.58. The van der Waals surface area contributed by atoms with Crippen LogP contribution >= 0.6 is 7.82 Å². The first kappa shape index (κ1) is 90.9. The normalized spacial score (nSPS) is 27.5. The minimum absolute atomic E-state index is 0.0248. The quantitative estimate of drug-likeness (QED) is 0.00886. The fourth-order valence-corrected chi connectivity index (χ4v) is 13.9. The second kappa shape index (κ2) is 56.1. The van der Waals surface area contributed by atoms with E-state index in [2.05, 4.69) is 32.9 Å². The van der Waals surface area contributed by atoms with Crippen molar-refractivity contribution in [2.45, 2.75) is 414 Å². The van der Waals surface area contributed by atoms with Gasteiger partial charge in [-0.05, 0) is 44.9 Å². The summed E-state index contributed by atoms with van der Waals surface area (Å²) in [5.74, 6) is -1.98. The Balaban J connectivity index is 1.72. The van der Waals surface area contributed by atoms with Gasteiger partial charge in [0.2, 0.25) is 0 Å². The van der Waals surface area contributed by atoms with Gasteiger partial charge in [-0.3, -0.25) is 23.4 Å². The first-order valence-corrected chi connectivity index (χ1v) is 40.5. The highest BCUT2D eigenvalue weighted by atomic mass is 31.2. The number of aliphatic hydroxyl groups excluding tert-OH is 10. The van der Waals surface area contributed by atoms with E-state index >= 15 is 0 Å². The third-order valence-corrected chi connectivity index (χ3v) is 20.3. The summed E-state index contributed by atoms with van der Waals surface area (Å²) in [6.07, 6.45) is 15.4. The number of ether oxygens (including phenoxy) is 7. The van der Waals surface area contributed by atoms with Crippen molar-refractivity contribution in [3.05, 3.63) is 12.2 Å². The Hall–Kier alpha value is -2.30. The summed E-state index contributed by atoms with van der Waals surface area (Å²) in [6.45, 7) is 3.46. The lowest BCUT2D eigenvalue weighted by Crippen LogP contribution is -2.69. The molecule has 3 fully saturated rings. The van der Waals surface area contributed by atoms with Gasteiger partial charge in [-0.1, -0.05) is 258 Å². The number of carbonyl (C=O) groups is 3. The lowest BCUT2D eigenvalue weighted by atomic mass is 9.84. The highest BCUT2D eigenvalue weighted by molar-refractivity contribution is 7.47. The van der Waals surface area contributed by atoms with Gasteiger partial charge in [0.15, 0.2) is 18.7 Å². The third kappa shape index (κ3) is 39.0. The summed E-state index contributed by atoms with van der Waals surface area (Å²) < 4.78 is 65.1. The first-order valence-electron chi connectivity index (χ1n) is 39.0. The molecule has 0 spiro atoms. The molecule has 99 heavy (non-hydrogen) atoms. The fraction of sp³-hybridized carbons (Fsp3) is 0.932. The number of unbranched alkanes of at least 4 members (excludes halogenated alkanes) is 38. The number of carbonyl (C=O) groups excluding carboxylic acids is 3. The molecule has 3 rings (SSSR count). The van der Waals surface area contributed by atoms with Crippen LogP contribution in [-0.2, 0) is 61.2 Å². The van der Waals surface area contributed by atoms with E-state index in [0.717, 1.165) is 109 Å². The van der Waals surface area contributed by atoms with E-state index in [1.165, 1.54) is 141 Å². The molecule has 2 saturated heterocycles. The van der Waals surface area contributed by atoms with Crippen molar-refractivity contribution < 1.29 is 117 Å². The number of phosphoric ester groups is 1. The zero-order valence-electron chi connectivity index (χ0n) is 60.8. The van der Waals surface area contributed by atoms with Gasteiger partial charge in [0.25, 0.3) is 0 Å². The van der Waals surface area contributed by atoms with Gasteiger partial charge in [-0.2, -0.15) is 0 Å². The molecule has 24 nitrogen and oxygen atoms in total. The molecule has 582 valence electrons. The van der Waals surface area contributed by atoms with Crippen LogP contribution in [0.1, 0.15) is 310 Å². The number of aliphatic hydroxyl groups is 10. The van der Waals surface area contributed by atoms with Crippen molar-refractivity contribution in [1.82, 2.24) is 0 Å². The van der Waals surface area contributed by atoms with Gasteiger partial charge in [0.05, 0.1) is 13.2 Å². The van der Waals surface area contributed by atoms with Crippen molar-refractivity contribution in [3.63, 3.8) is 0 Å².